The van der Waals surface area contributed by atoms with Crippen molar-refractivity contribution in [2.24, 2.45) is 0 Å². The van der Waals surface area contributed by atoms with Gasteiger partial charge < -0.3 is 0 Å². The van der Waals surface area contributed by atoms with Crippen molar-refractivity contribution in [3.05, 3.63) is 252 Å². The van der Waals surface area contributed by atoms with E-state index in [-0.39, 0.29) is 0 Å². The number of pyridine rings is 1. The molecule has 3 aliphatic rings. The standard InChI is InChI=1S/C61H40N4/c1-4-17-39(18-5-1)40-31-33-41(34-32-40)56-37-49(44-23-16-24-45(35-44)60-64-58(42-19-6-2-7-20-42)63-59(65-60)43-21-8-3-9-22-43)51-36-50-48-27-12-15-30-54(48)61(55(50)38-57(51)62-56)52-28-13-10-25-46(52)47-26-11-14-29-53(47)61/h1-15,17-23,25-38H,16,24H2. The van der Waals surface area contributed by atoms with Crippen LogP contribution in [-0.4, -0.2) is 19.9 Å². The van der Waals surface area contributed by atoms with Gasteiger partial charge in [-0.25, -0.2) is 19.9 Å². The highest BCUT2D eigenvalue weighted by Gasteiger charge is 2.51. The van der Waals surface area contributed by atoms with Crippen LogP contribution in [0.25, 0.3) is 89.5 Å². The van der Waals surface area contributed by atoms with Gasteiger partial charge in [-0.3, -0.25) is 0 Å². The zero-order valence-corrected chi connectivity index (χ0v) is 35.5. The number of allylic oxidation sites excluding steroid dienone is 4. The Balaban J connectivity index is 1.03. The molecule has 2 aromatic heterocycles. The van der Waals surface area contributed by atoms with E-state index in [9.17, 15) is 0 Å². The van der Waals surface area contributed by atoms with Gasteiger partial charge in [0.1, 0.15) is 0 Å². The second kappa shape index (κ2) is 14.9. The van der Waals surface area contributed by atoms with E-state index in [2.05, 4.69) is 182 Å². The van der Waals surface area contributed by atoms with E-state index in [1.165, 1.54) is 55.6 Å². The second-order valence-corrected chi connectivity index (χ2v) is 17.2. The molecular weight excluding hydrogens is 789 g/mol. The molecule has 65 heavy (non-hydrogen) atoms. The third-order valence-electron chi connectivity index (χ3n) is 13.6. The van der Waals surface area contributed by atoms with Crippen molar-refractivity contribution in [3.8, 4) is 67.4 Å². The summed E-state index contributed by atoms with van der Waals surface area (Å²) in [5.41, 5.74) is 20.5. The minimum absolute atomic E-state index is 0.467. The van der Waals surface area contributed by atoms with Crippen LogP contribution in [0.1, 0.15) is 46.5 Å². The maximum absolute atomic E-state index is 5.60. The summed E-state index contributed by atoms with van der Waals surface area (Å²) in [6.45, 7) is 0. The summed E-state index contributed by atoms with van der Waals surface area (Å²) in [5.74, 6) is 2.04. The predicted octanol–water partition coefficient (Wildman–Crippen LogP) is 14.7. The smallest absolute Gasteiger partial charge is 0.164 e. The van der Waals surface area contributed by atoms with Crippen LogP contribution in [0, 0.1) is 0 Å². The summed E-state index contributed by atoms with van der Waals surface area (Å²) >= 11 is 0. The van der Waals surface area contributed by atoms with Gasteiger partial charge >= 0.3 is 0 Å². The predicted molar refractivity (Wildman–Crippen MR) is 265 cm³/mol. The SMILES string of the molecule is C1=C(c2nc(-c3ccccc3)nc(-c3ccccc3)n2)CCC=C1c1cc(-c2ccc(-c3ccccc3)cc2)nc2cc3c(cc12)-c1ccccc1C31c2ccccc2-c2ccccc21. The lowest BCUT2D eigenvalue weighted by Gasteiger charge is -2.30. The number of benzene rings is 8. The van der Waals surface area contributed by atoms with Crippen molar-refractivity contribution in [3.63, 3.8) is 0 Å². The zero-order chi connectivity index (χ0) is 42.9. The lowest BCUT2D eigenvalue weighted by molar-refractivity contribution is 0.794. The van der Waals surface area contributed by atoms with E-state index in [1.54, 1.807) is 0 Å². The molecule has 1 spiro atoms. The van der Waals surface area contributed by atoms with E-state index >= 15 is 0 Å². The molecule has 4 nitrogen and oxygen atoms in total. The molecular formula is C61H40N4. The first kappa shape index (κ1) is 37.2. The molecule has 0 amide bonds. The topological polar surface area (TPSA) is 51.6 Å². The Hall–Kier alpha value is -8.34. The van der Waals surface area contributed by atoms with Gasteiger partial charge in [0.25, 0.3) is 0 Å². The highest BCUT2D eigenvalue weighted by atomic mass is 15.0. The van der Waals surface area contributed by atoms with Gasteiger partial charge in [0.2, 0.25) is 0 Å². The largest absolute Gasteiger partial charge is 0.248 e. The molecule has 0 unspecified atom stereocenters. The average molecular weight is 829 g/mol. The molecule has 304 valence electrons. The normalized spacial score (nSPS) is 14.0. The van der Waals surface area contributed by atoms with Gasteiger partial charge in [-0.2, -0.15) is 0 Å². The summed E-state index contributed by atoms with van der Waals surface area (Å²) in [6, 6.07) is 74.0. The minimum atomic E-state index is -0.467. The van der Waals surface area contributed by atoms with Crippen LogP contribution in [0.15, 0.2) is 218 Å². The summed E-state index contributed by atoms with van der Waals surface area (Å²) in [7, 11) is 0. The minimum Gasteiger partial charge on any atom is -0.248 e. The third kappa shape index (κ3) is 5.91. The fourth-order valence-electron chi connectivity index (χ4n) is 10.7. The van der Waals surface area contributed by atoms with Gasteiger partial charge in [-0.15, -0.1) is 0 Å². The Morgan fingerprint density at radius 1 is 0.354 bits per heavy atom. The molecule has 0 aliphatic heterocycles. The summed E-state index contributed by atoms with van der Waals surface area (Å²) in [5, 5.41) is 1.12. The van der Waals surface area contributed by atoms with Crippen molar-refractivity contribution < 1.29 is 0 Å². The Bertz CT molecular complexity index is 3470. The summed E-state index contributed by atoms with van der Waals surface area (Å²) in [6.07, 6.45) is 6.36. The van der Waals surface area contributed by atoms with E-state index in [0.717, 1.165) is 62.8 Å². The van der Waals surface area contributed by atoms with Crippen LogP contribution in [0.4, 0.5) is 0 Å². The molecule has 3 aliphatic carbocycles. The van der Waals surface area contributed by atoms with Gasteiger partial charge in [0.05, 0.1) is 16.6 Å². The molecule has 8 aromatic carbocycles. The van der Waals surface area contributed by atoms with Crippen LogP contribution < -0.4 is 0 Å². The van der Waals surface area contributed by atoms with Gasteiger partial charge in [0.15, 0.2) is 17.5 Å². The van der Waals surface area contributed by atoms with Crippen LogP contribution >= 0.6 is 0 Å². The summed E-state index contributed by atoms with van der Waals surface area (Å²) in [4.78, 5) is 20.9. The second-order valence-electron chi connectivity index (χ2n) is 17.2. The van der Waals surface area contributed by atoms with Crippen molar-refractivity contribution >= 4 is 22.0 Å². The maximum atomic E-state index is 5.60. The number of hydrogen-bond acceptors (Lipinski definition) is 4. The Morgan fingerprint density at radius 2 is 0.831 bits per heavy atom. The molecule has 0 atom stereocenters. The number of hydrogen-bond donors (Lipinski definition) is 0. The molecule has 0 radical (unpaired) electrons. The molecule has 10 aromatic rings. The first-order chi connectivity index (χ1) is 32.2. The van der Waals surface area contributed by atoms with E-state index in [4.69, 9.17) is 19.9 Å². The molecule has 0 N–H and O–H groups in total. The number of fused-ring (bicyclic) bond motifs is 11. The fraction of sp³-hybridized carbons (Fsp3) is 0.0492. The fourth-order valence-corrected chi connectivity index (χ4v) is 10.7. The molecule has 2 heterocycles. The van der Waals surface area contributed by atoms with Crippen LogP contribution in [0.5, 0.6) is 0 Å². The average Bonchev–Trinajstić information content (AvgIpc) is 3.85. The molecule has 0 saturated carbocycles. The molecule has 4 heteroatoms. The number of nitrogens with zero attached hydrogens (tertiary/aromatic N) is 4. The van der Waals surface area contributed by atoms with Crippen molar-refractivity contribution in [1.82, 2.24) is 19.9 Å². The molecule has 0 bridgehead atoms. The van der Waals surface area contributed by atoms with Gasteiger partial charge in [-0.1, -0.05) is 194 Å². The Labute approximate surface area is 378 Å². The lowest BCUT2D eigenvalue weighted by Crippen LogP contribution is -2.25. The highest BCUT2D eigenvalue weighted by molar-refractivity contribution is 6.04. The third-order valence-corrected chi connectivity index (χ3v) is 13.6. The van der Waals surface area contributed by atoms with Crippen LogP contribution in [0.3, 0.4) is 0 Å². The van der Waals surface area contributed by atoms with Gasteiger partial charge in [-0.05, 0) is 109 Å². The number of rotatable bonds is 6. The monoisotopic (exact) mass is 828 g/mol. The van der Waals surface area contributed by atoms with Crippen LogP contribution in [0.2, 0.25) is 0 Å². The molecule has 13 rings (SSSR count). The Morgan fingerprint density at radius 3 is 1.42 bits per heavy atom. The van der Waals surface area contributed by atoms with E-state index < -0.39 is 5.41 Å². The maximum Gasteiger partial charge on any atom is 0.164 e. The van der Waals surface area contributed by atoms with E-state index in [0.29, 0.717) is 17.5 Å². The zero-order valence-electron chi connectivity index (χ0n) is 35.5. The molecule has 0 fully saturated rings. The summed E-state index contributed by atoms with van der Waals surface area (Å²) < 4.78 is 0. The van der Waals surface area contributed by atoms with Gasteiger partial charge in [0, 0.05) is 22.1 Å². The Kier molecular flexibility index (Phi) is 8.53. The first-order valence-corrected chi connectivity index (χ1v) is 22.4. The van der Waals surface area contributed by atoms with Crippen molar-refractivity contribution in [2.45, 2.75) is 18.3 Å². The van der Waals surface area contributed by atoms with Crippen LogP contribution in [-0.2, 0) is 5.41 Å². The molecule has 0 saturated heterocycles. The quantitative estimate of drug-likeness (QED) is 0.168. The first-order valence-electron chi connectivity index (χ1n) is 22.4. The van der Waals surface area contributed by atoms with Crippen molar-refractivity contribution in [1.29, 1.82) is 0 Å². The van der Waals surface area contributed by atoms with Crippen molar-refractivity contribution in [2.75, 3.05) is 0 Å². The number of aromatic nitrogens is 4. The lowest BCUT2D eigenvalue weighted by atomic mass is 9.70. The van der Waals surface area contributed by atoms with E-state index in [1.807, 2.05) is 36.4 Å². The highest BCUT2D eigenvalue weighted by Crippen LogP contribution is 2.63.